The zero-order valence-electron chi connectivity index (χ0n) is 17.3. The predicted molar refractivity (Wildman–Crippen MR) is 120 cm³/mol. The lowest BCUT2D eigenvalue weighted by atomic mass is 9.89. The fourth-order valence-corrected chi connectivity index (χ4v) is 4.34. The SMILES string of the molecule is CCCCC1(C#CCCc2ccccc2)c2cc3ccc(Cl)cc3n2C(=O)N1OC. The molecule has 1 aliphatic heterocycles. The second-order valence-corrected chi connectivity index (χ2v) is 8.02. The molecule has 1 unspecified atom stereocenters. The Morgan fingerprint density at radius 2 is 1.93 bits per heavy atom. The molecular weight excluding hydrogens is 396 g/mol. The Morgan fingerprint density at radius 1 is 1.13 bits per heavy atom. The molecule has 0 fully saturated rings. The van der Waals surface area contributed by atoms with Gasteiger partial charge in [-0.1, -0.05) is 73.2 Å². The first-order valence-electron chi connectivity index (χ1n) is 10.3. The van der Waals surface area contributed by atoms with Crippen LogP contribution in [0.25, 0.3) is 10.9 Å². The first-order valence-corrected chi connectivity index (χ1v) is 10.7. The smallest absolute Gasteiger partial charge is 0.271 e. The molecule has 4 rings (SSSR count). The van der Waals surface area contributed by atoms with E-state index in [9.17, 15) is 4.79 Å². The number of benzene rings is 2. The minimum atomic E-state index is -0.802. The van der Waals surface area contributed by atoms with E-state index in [0.29, 0.717) is 11.4 Å². The fourth-order valence-electron chi connectivity index (χ4n) is 4.18. The number of aromatic nitrogens is 1. The van der Waals surface area contributed by atoms with Crippen molar-refractivity contribution in [3.63, 3.8) is 0 Å². The molecule has 1 aliphatic rings. The molecular formula is C25H25ClN2O2. The van der Waals surface area contributed by atoms with Crippen molar-refractivity contribution in [2.75, 3.05) is 7.11 Å². The normalized spacial score (nSPS) is 17.8. The summed E-state index contributed by atoms with van der Waals surface area (Å²) in [5, 5.41) is 3.01. The highest BCUT2D eigenvalue weighted by Gasteiger charge is 2.50. The highest BCUT2D eigenvalue weighted by molar-refractivity contribution is 6.31. The van der Waals surface area contributed by atoms with Crippen molar-refractivity contribution in [1.29, 1.82) is 0 Å². The lowest BCUT2D eigenvalue weighted by Crippen LogP contribution is -2.42. The molecule has 4 nitrogen and oxygen atoms in total. The van der Waals surface area contributed by atoms with E-state index in [-0.39, 0.29) is 6.03 Å². The van der Waals surface area contributed by atoms with E-state index >= 15 is 0 Å². The number of nitrogens with zero attached hydrogens (tertiary/aromatic N) is 2. The molecule has 0 spiro atoms. The van der Waals surface area contributed by atoms with Gasteiger partial charge in [0.25, 0.3) is 0 Å². The van der Waals surface area contributed by atoms with Gasteiger partial charge < -0.3 is 0 Å². The summed E-state index contributed by atoms with van der Waals surface area (Å²) in [6.07, 6.45) is 4.24. The van der Waals surface area contributed by atoms with Crippen LogP contribution in [-0.4, -0.2) is 22.8 Å². The van der Waals surface area contributed by atoms with E-state index in [1.807, 2.05) is 42.5 Å². The van der Waals surface area contributed by atoms with Crippen LogP contribution < -0.4 is 0 Å². The summed E-state index contributed by atoms with van der Waals surface area (Å²) in [4.78, 5) is 18.9. The Hall–Kier alpha value is -2.74. The van der Waals surface area contributed by atoms with Crippen LogP contribution in [0.3, 0.4) is 0 Å². The van der Waals surface area contributed by atoms with Gasteiger partial charge in [0.2, 0.25) is 0 Å². The van der Waals surface area contributed by atoms with Gasteiger partial charge in [-0.2, -0.15) is 5.06 Å². The van der Waals surface area contributed by atoms with Gasteiger partial charge in [0.1, 0.15) is 0 Å². The Labute approximate surface area is 182 Å². The van der Waals surface area contributed by atoms with Gasteiger partial charge in [-0.3, -0.25) is 9.40 Å². The first kappa shape index (κ1) is 20.5. The predicted octanol–water partition coefficient (Wildman–Crippen LogP) is 6.16. The topological polar surface area (TPSA) is 34.5 Å². The number of amides is 1. The third-order valence-electron chi connectivity index (χ3n) is 5.65. The number of halogens is 1. The van der Waals surface area contributed by atoms with Crippen molar-refractivity contribution in [3.05, 3.63) is 70.9 Å². The number of hydroxylamine groups is 2. The maximum absolute atomic E-state index is 13.3. The fraction of sp³-hybridized carbons (Fsp3) is 0.320. The molecule has 1 amide bonds. The lowest BCUT2D eigenvalue weighted by Gasteiger charge is -2.31. The highest BCUT2D eigenvalue weighted by atomic mass is 35.5. The van der Waals surface area contributed by atoms with Crippen LogP contribution in [0.15, 0.2) is 54.6 Å². The molecule has 1 aromatic heterocycles. The highest BCUT2D eigenvalue weighted by Crippen LogP contribution is 2.43. The zero-order valence-corrected chi connectivity index (χ0v) is 18.1. The van der Waals surface area contributed by atoms with E-state index in [1.54, 1.807) is 4.57 Å². The second-order valence-electron chi connectivity index (χ2n) is 7.58. The third-order valence-corrected chi connectivity index (χ3v) is 5.89. The molecule has 0 aliphatic carbocycles. The zero-order chi connectivity index (χ0) is 21.1. The quantitative estimate of drug-likeness (QED) is 0.447. The lowest BCUT2D eigenvalue weighted by molar-refractivity contribution is -0.134. The van der Waals surface area contributed by atoms with E-state index in [2.05, 4.69) is 30.9 Å². The Balaban J connectivity index is 1.77. The summed E-state index contributed by atoms with van der Waals surface area (Å²) in [5.74, 6) is 6.78. The molecule has 0 saturated heterocycles. The molecule has 0 bridgehead atoms. The van der Waals surface area contributed by atoms with E-state index < -0.39 is 5.54 Å². The average Bonchev–Trinajstić information content (AvgIpc) is 3.24. The molecule has 0 N–H and O–H groups in total. The molecule has 5 heteroatoms. The monoisotopic (exact) mass is 420 g/mol. The van der Waals surface area contributed by atoms with Crippen LogP contribution in [0.1, 0.15) is 43.9 Å². The van der Waals surface area contributed by atoms with Crippen molar-refractivity contribution in [1.82, 2.24) is 9.63 Å². The van der Waals surface area contributed by atoms with Crippen LogP contribution in [-0.2, 0) is 16.8 Å². The number of aryl methyl sites for hydroxylation is 1. The van der Waals surface area contributed by atoms with Gasteiger partial charge in [0.05, 0.1) is 18.3 Å². The third kappa shape index (κ3) is 3.49. The Morgan fingerprint density at radius 3 is 2.67 bits per heavy atom. The minimum Gasteiger partial charge on any atom is -0.271 e. The van der Waals surface area contributed by atoms with Crippen molar-refractivity contribution in [2.45, 2.75) is 44.6 Å². The van der Waals surface area contributed by atoms with Gasteiger partial charge in [0.15, 0.2) is 5.54 Å². The Bertz CT molecular complexity index is 1130. The summed E-state index contributed by atoms with van der Waals surface area (Å²) >= 11 is 6.21. The number of rotatable bonds is 6. The second kappa shape index (κ2) is 8.55. The summed E-state index contributed by atoms with van der Waals surface area (Å²) in [5.41, 5.74) is 2.09. The van der Waals surface area contributed by atoms with Crippen molar-refractivity contribution >= 4 is 28.5 Å². The standard InChI is InChI=1S/C25H25ClN2O2/c1-3-4-15-25(16-9-8-12-19-10-6-5-7-11-19)23-17-20-13-14-21(26)18-22(20)27(23)24(29)28(25)30-2/h5-7,10-11,13-14,17-18H,3-4,8,12,15H2,1-2H3. The maximum atomic E-state index is 13.3. The maximum Gasteiger partial charge on any atom is 0.354 e. The number of hydrogen-bond donors (Lipinski definition) is 0. The largest absolute Gasteiger partial charge is 0.354 e. The van der Waals surface area contributed by atoms with Gasteiger partial charge in [-0.15, -0.1) is 0 Å². The first-order chi connectivity index (χ1) is 14.6. The van der Waals surface area contributed by atoms with E-state index in [4.69, 9.17) is 16.4 Å². The van der Waals surface area contributed by atoms with E-state index in [0.717, 1.165) is 42.3 Å². The van der Waals surface area contributed by atoms with Crippen molar-refractivity contribution in [2.24, 2.45) is 0 Å². The van der Waals surface area contributed by atoms with Gasteiger partial charge in [-0.25, -0.2) is 4.79 Å². The molecule has 2 heterocycles. The van der Waals surface area contributed by atoms with Crippen LogP contribution in [0.2, 0.25) is 5.02 Å². The van der Waals surface area contributed by atoms with Crippen LogP contribution in [0.4, 0.5) is 4.79 Å². The molecule has 30 heavy (non-hydrogen) atoms. The molecule has 0 saturated carbocycles. The van der Waals surface area contributed by atoms with Crippen LogP contribution in [0.5, 0.6) is 0 Å². The summed E-state index contributed by atoms with van der Waals surface area (Å²) in [6, 6.07) is 17.7. The minimum absolute atomic E-state index is 0.224. The molecule has 0 radical (unpaired) electrons. The summed E-state index contributed by atoms with van der Waals surface area (Å²) < 4.78 is 1.70. The van der Waals surface area contributed by atoms with Gasteiger partial charge in [0, 0.05) is 16.8 Å². The number of hydrogen-bond acceptors (Lipinski definition) is 2. The van der Waals surface area contributed by atoms with E-state index in [1.165, 1.54) is 17.7 Å². The van der Waals surface area contributed by atoms with Gasteiger partial charge >= 0.3 is 6.03 Å². The summed E-state index contributed by atoms with van der Waals surface area (Å²) in [7, 11) is 1.53. The molecule has 3 aromatic rings. The number of unbranched alkanes of at least 4 members (excludes halogenated alkanes) is 1. The number of carbonyl (C=O) groups excluding carboxylic acids is 1. The number of fused-ring (bicyclic) bond motifs is 3. The molecule has 154 valence electrons. The number of carbonyl (C=O) groups is 1. The van der Waals surface area contributed by atoms with Crippen molar-refractivity contribution in [3.8, 4) is 11.8 Å². The average molecular weight is 421 g/mol. The summed E-state index contributed by atoms with van der Waals surface area (Å²) in [6.45, 7) is 2.14. The van der Waals surface area contributed by atoms with Crippen molar-refractivity contribution < 1.29 is 9.63 Å². The van der Waals surface area contributed by atoms with Crippen LogP contribution in [0, 0.1) is 11.8 Å². The van der Waals surface area contributed by atoms with Crippen LogP contribution >= 0.6 is 11.6 Å². The Kier molecular flexibility index (Phi) is 5.85. The van der Waals surface area contributed by atoms with Gasteiger partial charge in [-0.05, 0) is 43.0 Å². The molecule has 1 atom stereocenters. The molecule has 2 aromatic carbocycles.